The fraction of sp³-hybridized carbons (Fsp3) is 0.120. The number of esters is 2. The van der Waals surface area contributed by atoms with Crippen molar-refractivity contribution in [2.45, 2.75) is 12.5 Å². The molecule has 1 aliphatic heterocycles. The molecule has 3 aromatic rings. The minimum Gasteiger partial charge on any atom is -0.454 e. The van der Waals surface area contributed by atoms with Crippen LogP contribution in [0.2, 0.25) is 0 Å². The van der Waals surface area contributed by atoms with E-state index in [9.17, 15) is 14.4 Å². The summed E-state index contributed by atoms with van der Waals surface area (Å²) in [5, 5.41) is 11.5. The molecule has 4 rings (SSSR count). The highest BCUT2D eigenvalue weighted by Gasteiger charge is 2.28. The van der Waals surface area contributed by atoms with Crippen LogP contribution in [0, 0.1) is 11.3 Å². The lowest BCUT2D eigenvalue weighted by atomic mass is 9.93. The Balaban J connectivity index is 1.41. The average Bonchev–Trinajstić information content (AvgIpc) is 2.82. The third kappa shape index (κ3) is 4.65. The Hall–Kier alpha value is -4.44. The molecule has 0 saturated heterocycles. The maximum absolute atomic E-state index is 12.5. The first-order chi connectivity index (χ1) is 15.5. The van der Waals surface area contributed by atoms with Crippen LogP contribution >= 0.6 is 0 Å². The van der Waals surface area contributed by atoms with E-state index in [2.05, 4.69) is 5.32 Å². The van der Waals surface area contributed by atoms with E-state index < -0.39 is 30.6 Å². The Morgan fingerprint density at radius 2 is 1.88 bits per heavy atom. The van der Waals surface area contributed by atoms with Gasteiger partial charge in [-0.25, -0.2) is 9.59 Å². The standard InChI is InChI=1S/C25H18N2O5/c26-14-16-5-4-8-20(11-16)27-23(28)15-31-24(29)18-9-10-21-19(12-18)13-22(32-25(21)30)17-6-2-1-3-7-17/h1-12,22H,13,15H2,(H,27,28). The summed E-state index contributed by atoms with van der Waals surface area (Å²) >= 11 is 0. The first-order valence-electron chi connectivity index (χ1n) is 9.89. The van der Waals surface area contributed by atoms with Crippen molar-refractivity contribution in [2.75, 3.05) is 11.9 Å². The van der Waals surface area contributed by atoms with Crippen LogP contribution in [0.3, 0.4) is 0 Å². The topological polar surface area (TPSA) is 105 Å². The van der Waals surface area contributed by atoms with Gasteiger partial charge in [-0.1, -0.05) is 36.4 Å². The minimum absolute atomic E-state index is 0.240. The number of fused-ring (bicyclic) bond motifs is 1. The van der Waals surface area contributed by atoms with Crippen LogP contribution in [-0.2, 0) is 20.7 Å². The van der Waals surface area contributed by atoms with Gasteiger partial charge in [0.25, 0.3) is 5.91 Å². The number of amides is 1. The van der Waals surface area contributed by atoms with Gasteiger partial charge in [0.15, 0.2) is 6.61 Å². The Morgan fingerprint density at radius 1 is 1.06 bits per heavy atom. The van der Waals surface area contributed by atoms with E-state index >= 15 is 0 Å². The second-order valence-electron chi connectivity index (χ2n) is 7.20. The number of nitrogens with one attached hydrogen (secondary N) is 1. The van der Waals surface area contributed by atoms with Crippen molar-refractivity contribution in [3.63, 3.8) is 0 Å². The Labute approximate surface area is 184 Å². The van der Waals surface area contributed by atoms with Gasteiger partial charge in [0, 0.05) is 12.1 Å². The fourth-order valence-corrected chi connectivity index (χ4v) is 3.45. The molecule has 3 aromatic carbocycles. The van der Waals surface area contributed by atoms with Crippen molar-refractivity contribution in [1.82, 2.24) is 0 Å². The molecule has 0 aliphatic carbocycles. The van der Waals surface area contributed by atoms with Crippen molar-refractivity contribution < 1.29 is 23.9 Å². The highest BCUT2D eigenvalue weighted by molar-refractivity contribution is 5.97. The predicted octanol–water partition coefficient (Wildman–Crippen LogP) is 3.81. The molecule has 1 heterocycles. The number of nitriles is 1. The number of anilines is 1. The molecular weight excluding hydrogens is 408 g/mol. The second-order valence-corrected chi connectivity index (χ2v) is 7.20. The van der Waals surface area contributed by atoms with Gasteiger partial charge in [-0.3, -0.25) is 4.79 Å². The molecule has 0 saturated carbocycles. The maximum Gasteiger partial charge on any atom is 0.339 e. The molecule has 1 amide bonds. The summed E-state index contributed by atoms with van der Waals surface area (Å²) in [5.74, 6) is -1.65. The summed E-state index contributed by atoms with van der Waals surface area (Å²) in [5.41, 5.74) is 3.04. The number of ether oxygens (including phenoxy) is 2. The molecular formula is C25H18N2O5. The number of rotatable bonds is 5. The van der Waals surface area contributed by atoms with Crippen LogP contribution < -0.4 is 5.32 Å². The number of carbonyl (C=O) groups is 3. The van der Waals surface area contributed by atoms with Gasteiger partial charge < -0.3 is 14.8 Å². The molecule has 1 aliphatic rings. The van der Waals surface area contributed by atoms with Crippen LogP contribution in [0.25, 0.3) is 0 Å². The van der Waals surface area contributed by atoms with Crippen LogP contribution in [0.15, 0.2) is 72.8 Å². The summed E-state index contributed by atoms with van der Waals surface area (Å²) in [6, 6.07) is 22.4. The summed E-state index contributed by atoms with van der Waals surface area (Å²) in [6.07, 6.45) is -0.000476. The smallest absolute Gasteiger partial charge is 0.339 e. The number of carbonyl (C=O) groups excluding carboxylic acids is 3. The van der Waals surface area contributed by atoms with Gasteiger partial charge in [0.2, 0.25) is 0 Å². The molecule has 7 heteroatoms. The first-order valence-corrected chi connectivity index (χ1v) is 9.89. The molecule has 0 spiro atoms. The molecule has 32 heavy (non-hydrogen) atoms. The highest BCUT2D eigenvalue weighted by atomic mass is 16.5. The second kappa shape index (κ2) is 9.14. The molecule has 1 atom stereocenters. The molecule has 158 valence electrons. The SMILES string of the molecule is N#Cc1cccc(NC(=O)COC(=O)c2ccc3c(c2)CC(c2ccccc2)OC3=O)c1. The minimum atomic E-state index is -0.677. The zero-order chi connectivity index (χ0) is 22.5. The van der Waals surface area contributed by atoms with Crippen molar-refractivity contribution >= 4 is 23.5 Å². The van der Waals surface area contributed by atoms with Crippen molar-refractivity contribution in [2.24, 2.45) is 0 Å². The summed E-state index contributed by atoms with van der Waals surface area (Å²) in [6.45, 7) is -0.485. The molecule has 7 nitrogen and oxygen atoms in total. The van der Waals surface area contributed by atoms with Gasteiger partial charge in [-0.05, 0) is 47.5 Å². The summed E-state index contributed by atoms with van der Waals surface area (Å²) in [7, 11) is 0. The van der Waals surface area contributed by atoms with Crippen molar-refractivity contribution in [1.29, 1.82) is 5.26 Å². The van der Waals surface area contributed by atoms with Gasteiger partial charge in [0.05, 0.1) is 22.8 Å². The molecule has 1 N–H and O–H groups in total. The number of hydrogen-bond donors (Lipinski definition) is 1. The van der Waals surface area contributed by atoms with Gasteiger partial charge >= 0.3 is 11.9 Å². The average molecular weight is 426 g/mol. The van der Waals surface area contributed by atoms with Crippen LogP contribution in [0.1, 0.15) is 43.5 Å². The quantitative estimate of drug-likeness (QED) is 0.622. The van der Waals surface area contributed by atoms with Gasteiger partial charge in [-0.15, -0.1) is 0 Å². The molecule has 1 unspecified atom stereocenters. The van der Waals surface area contributed by atoms with E-state index in [0.717, 1.165) is 5.56 Å². The molecule has 0 aromatic heterocycles. The lowest BCUT2D eigenvalue weighted by Gasteiger charge is -2.25. The predicted molar refractivity (Wildman–Crippen MR) is 115 cm³/mol. The molecule has 0 bridgehead atoms. The van der Waals surface area contributed by atoms with E-state index in [1.165, 1.54) is 18.2 Å². The number of benzene rings is 3. The first kappa shape index (κ1) is 20.8. The van der Waals surface area contributed by atoms with E-state index in [0.29, 0.717) is 28.8 Å². The third-order valence-electron chi connectivity index (χ3n) is 5.00. The lowest BCUT2D eigenvalue weighted by molar-refractivity contribution is -0.119. The Morgan fingerprint density at radius 3 is 2.66 bits per heavy atom. The van der Waals surface area contributed by atoms with Crippen LogP contribution in [-0.4, -0.2) is 24.5 Å². The third-order valence-corrected chi connectivity index (χ3v) is 5.00. The van der Waals surface area contributed by atoms with E-state index in [-0.39, 0.29) is 5.56 Å². The lowest BCUT2D eigenvalue weighted by Crippen LogP contribution is -2.23. The van der Waals surface area contributed by atoms with Crippen molar-refractivity contribution in [3.05, 3.63) is 101 Å². The van der Waals surface area contributed by atoms with Gasteiger partial charge in [-0.2, -0.15) is 5.26 Å². The zero-order valence-corrected chi connectivity index (χ0v) is 16.9. The number of hydrogen-bond acceptors (Lipinski definition) is 6. The van der Waals surface area contributed by atoms with Crippen molar-refractivity contribution in [3.8, 4) is 6.07 Å². The normalized spacial score (nSPS) is 14.5. The summed E-state index contributed by atoms with van der Waals surface area (Å²) in [4.78, 5) is 36.9. The van der Waals surface area contributed by atoms with E-state index in [4.69, 9.17) is 14.7 Å². The summed E-state index contributed by atoms with van der Waals surface area (Å²) < 4.78 is 10.6. The number of nitrogens with zero attached hydrogens (tertiary/aromatic N) is 1. The highest BCUT2D eigenvalue weighted by Crippen LogP contribution is 2.31. The molecule has 0 radical (unpaired) electrons. The zero-order valence-electron chi connectivity index (χ0n) is 16.9. The van der Waals surface area contributed by atoms with Gasteiger partial charge in [0.1, 0.15) is 6.10 Å². The Kier molecular flexibility index (Phi) is 5.95. The van der Waals surface area contributed by atoms with E-state index in [1.54, 1.807) is 24.3 Å². The fourth-order valence-electron chi connectivity index (χ4n) is 3.45. The van der Waals surface area contributed by atoms with E-state index in [1.807, 2.05) is 36.4 Å². The monoisotopic (exact) mass is 426 g/mol. The largest absolute Gasteiger partial charge is 0.454 e. The molecule has 0 fully saturated rings. The Bertz CT molecular complexity index is 1230. The maximum atomic E-state index is 12.5. The van der Waals surface area contributed by atoms with Crippen LogP contribution in [0.4, 0.5) is 5.69 Å². The van der Waals surface area contributed by atoms with Crippen LogP contribution in [0.5, 0.6) is 0 Å². The number of cyclic esters (lactones) is 1.